The molecule has 0 aliphatic carbocycles. The Kier molecular flexibility index (Phi) is 10.5. The second-order valence-electron chi connectivity index (χ2n) is 4.79. The van der Waals surface area contributed by atoms with E-state index in [4.69, 9.17) is 75.3 Å². The lowest BCUT2D eigenvalue weighted by Crippen LogP contribution is -2.16. The lowest BCUT2D eigenvalue weighted by atomic mass is 10.2. The van der Waals surface area contributed by atoms with Crippen LogP contribution in [0.15, 0.2) is 28.7 Å². The number of carbonyl (C=O) groups excluding carboxylic acids is 1. The summed E-state index contributed by atoms with van der Waals surface area (Å²) < 4.78 is 1.42. The van der Waals surface area contributed by atoms with Crippen LogP contribution < -0.4 is 5.73 Å². The van der Waals surface area contributed by atoms with Gasteiger partial charge in [0.05, 0.1) is 13.2 Å². The van der Waals surface area contributed by atoms with Crippen LogP contribution in [-0.4, -0.2) is 34.1 Å². The maximum Gasteiger partial charge on any atom is 0.319 e. The highest BCUT2D eigenvalue weighted by molar-refractivity contribution is 9.10. The number of alkyl halides is 6. The number of carbonyl (C=O) groups is 1. The molecule has 0 unspecified atom stereocenters. The van der Waals surface area contributed by atoms with Crippen LogP contribution in [0.2, 0.25) is 0 Å². The van der Waals surface area contributed by atoms with E-state index in [9.17, 15) is 4.79 Å². The van der Waals surface area contributed by atoms with Gasteiger partial charge in [-0.1, -0.05) is 104 Å². The van der Waals surface area contributed by atoms with Crippen molar-refractivity contribution in [2.45, 2.75) is 14.5 Å². The van der Waals surface area contributed by atoms with Gasteiger partial charge < -0.3 is 10.5 Å². The molecule has 0 saturated carbocycles. The monoisotopic (exact) mass is 570 g/mol. The number of halogens is 7. The molecule has 0 spiro atoms. The molecule has 0 saturated heterocycles. The molecule has 0 bridgehead atoms. The van der Waals surface area contributed by atoms with E-state index in [0.717, 1.165) is 4.47 Å². The highest BCUT2D eigenvalue weighted by Crippen LogP contribution is 2.41. The van der Waals surface area contributed by atoms with E-state index in [2.05, 4.69) is 35.6 Å². The Morgan fingerprint density at radius 1 is 1.04 bits per heavy atom. The molecule has 154 valence electrons. The van der Waals surface area contributed by atoms with E-state index in [0.29, 0.717) is 12.2 Å². The third kappa shape index (κ3) is 8.32. The molecular formula is C15H13BrCl6N4O2. The highest BCUT2D eigenvalue weighted by Gasteiger charge is 2.34. The molecular weight excluding hydrogens is 561 g/mol. The van der Waals surface area contributed by atoms with Crippen LogP contribution in [0.4, 0.5) is 0 Å². The maximum atomic E-state index is 10.1. The van der Waals surface area contributed by atoms with Gasteiger partial charge >= 0.3 is 5.97 Å². The molecule has 0 aliphatic heterocycles. The average Bonchev–Trinajstić information content (AvgIpc) is 2.61. The largest absolute Gasteiger partial charge is 0.465 e. The van der Waals surface area contributed by atoms with Gasteiger partial charge in [-0.15, -0.1) is 0 Å². The van der Waals surface area contributed by atoms with Crippen LogP contribution in [0.1, 0.15) is 18.6 Å². The van der Waals surface area contributed by atoms with E-state index in [1.54, 1.807) is 19.1 Å². The number of hydrogen-bond acceptors (Lipinski definition) is 6. The van der Waals surface area contributed by atoms with Crippen molar-refractivity contribution in [3.8, 4) is 11.4 Å². The quantitative estimate of drug-likeness (QED) is 0.387. The van der Waals surface area contributed by atoms with Crippen molar-refractivity contribution >= 4 is 91.5 Å². The third-order valence-electron chi connectivity index (χ3n) is 2.73. The number of hydrogen-bond donors (Lipinski definition) is 1. The first-order chi connectivity index (χ1) is 12.9. The lowest BCUT2D eigenvalue weighted by molar-refractivity contribution is -0.141. The Labute approximate surface area is 200 Å². The molecule has 0 atom stereocenters. The van der Waals surface area contributed by atoms with Gasteiger partial charge in [-0.25, -0.2) is 15.0 Å². The van der Waals surface area contributed by atoms with E-state index >= 15 is 0 Å². The first kappa shape index (κ1) is 25.9. The van der Waals surface area contributed by atoms with Crippen molar-refractivity contribution in [3.63, 3.8) is 0 Å². The normalized spacial score (nSPS) is 11.5. The molecule has 0 aliphatic rings. The van der Waals surface area contributed by atoms with E-state index in [-0.39, 0.29) is 30.0 Å². The number of rotatable bonds is 3. The van der Waals surface area contributed by atoms with Crippen LogP contribution in [0, 0.1) is 0 Å². The zero-order valence-corrected chi connectivity index (χ0v) is 20.2. The molecule has 13 heteroatoms. The summed E-state index contributed by atoms with van der Waals surface area (Å²) in [7, 11) is 0. The molecule has 6 nitrogen and oxygen atoms in total. The number of ether oxygens (including phenoxy) is 1. The van der Waals surface area contributed by atoms with Crippen molar-refractivity contribution < 1.29 is 9.53 Å². The minimum absolute atomic E-state index is 0.0200. The van der Waals surface area contributed by atoms with Gasteiger partial charge in [-0.2, -0.15) is 0 Å². The predicted octanol–water partition coefficient (Wildman–Crippen LogP) is 5.46. The van der Waals surface area contributed by atoms with Gasteiger partial charge in [0, 0.05) is 10.0 Å². The minimum Gasteiger partial charge on any atom is -0.465 e. The van der Waals surface area contributed by atoms with Crippen LogP contribution in [0.5, 0.6) is 0 Å². The summed E-state index contributed by atoms with van der Waals surface area (Å²) in [5.74, 6) is -0.383. The van der Waals surface area contributed by atoms with Gasteiger partial charge in [-0.05, 0) is 13.0 Å². The molecule has 0 fully saturated rings. The molecule has 1 aromatic heterocycles. The maximum absolute atomic E-state index is 10.1. The Morgan fingerprint density at radius 2 is 1.54 bits per heavy atom. The predicted molar refractivity (Wildman–Crippen MR) is 117 cm³/mol. The van der Waals surface area contributed by atoms with Gasteiger partial charge in [0.25, 0.3) is 0 Å². The zero-order valence-electron chi connectivity index (χ0n) is 14.1. The van der Waals surface area contributed by atoms with Crippen molar-refractivity contribution in [3.05, 3.63) is 40.4 Å². The molecule has 2 rings (SSSR count). The Bertz CT molecular complexity index is 782. The van der Waals surface area contributed by atoms with E-state index < -0.39 is 7.59 Å². The first-order valence-corrected chi connectivity index (χ1v) is 10.5. The first-order valence-electron chi connectivity index (χ1n) is 7.41. The molecule has 0 radical (unpaired) electrons. The van der Waals surface area contributed by atoms with Crippen molar-refractivity contribution in [1.29, 1.82) is 0 Å². The Balaban J connectivity index is 0.000000480. The SMILES string of the molecule is CCOC(=O)CN.ClC(Cl)(Cl)c1nc(-c2ccccc2Br)nc(C(Cl)(Cl)Cl)n1. The fraction of sp³-hybridized carbons (Fsp3) is 0.333. The van der Waals surface area contributed by atoms with Crippen molar-refractivity contribution in [1.82, 2.24) is 15.0 Å². The van der Waals surface area contributed by atoms with Crippen LogP contribution in [0.25, 0.3) is 11.4 Å². The minimum atomic E-state index is -1.87. The lowest BCUT2D eigenvalue weighted by Gasteiger charge is -2.16. The molecule has 28 heavy (non-hydrogen) atoms. The summed E-state index contributed by atoms with van der Waals surface area (Å²) in [6, 6.07) is 7.21. The summed E-state index contributed by atoms with van der Waals surface area (Å²) in [6.07, 6.45) is 0. The van der Waals surface area contributed by atoms with Crippen molar-refractivity contribution in [2.24, 2.45) is 5.73 Å². The number of nitrogens with zero attached hydrogens (tertiary/aromatic N) is 3. The number of aromatic nitrogens is 3. The fourth-order valence-electron chi connectivity index (χ4n) is 1.61. The van der Waals surface area contributed by atoms with E-state index in [1.165, 1.54) is 0 Å². The number of esters is 1. The second-order valence-corrected chi connectivity index (χ2v) is 10.2. The van der Waals surface area contributed by atoms with Gasteiger partial charge in [0.2, 0.25) is 7.59 Å². The van der Waals surface area contributed by atoms with Crippen molar-refractivity contribution in [2.75, 3.05) is 13.2 Å². The molecule has 2 N–H and O–H groups in total. The summed E-state index contributed by atoms with van der Waals surface area (Å²) in [6.45, 7) is 2.14. The number of nitrogens with two attached hydrogens (primary N) is 1. The summed E-state index contributed by atoms with van der Waals surface area (Å²) in [4.78, 5) is 22.2. The molecule has 1 heterocycles. The van der Waals surface area contributed by atoms with Crippen LogP contribution >= 0.6 is 85.5 Å². The average molecular weight is 574 g/mol. The van der Waals surface area contributed by atoms with Gasteiger partial charge in [-0.3, -0.25) is 4.79 Å². The third-order valence-corrected chi connectivity index (χ3v) is 4.43. The molecule has 2 aromatic rings. The molecule has 1 aromatic carbocycles. The second kappa shape index (κ2) is 11.3. The zero-order chi connectivity index (χ0) is 21.5. The standard InChI is InChI=1S/C11H4BrCl6N3.C4H9NO2/c12-6-4-2-1-3-5(6)7-19-8(10(13,14)15)21-9(20-7)11(16,17)18;1-2-7-4(6)3-5/h1-4H;2-3,5H2,1H3. The smallest absolute Gasteiger partial charge is 0.319 e. The Hall–Kier alpha value is -0.120. The molecule has 0 amide bonds. The summed E-state index contributed by atoms with van der Waals surface area (Å²) >= 11 is 38.3. The van der Waals surface area contributed by atoms with Crippen LogP contribution in [0.3, 0.4) is 0 Å². The van der Waals surface area contributed by atoms with Crippen LogP contribution in [-0.2, 0) is 17.1 Å². The fourth-order valence-corrected chi connectivity index (χ4v) is 2.58. The van der Waals surface area contributed by atoms with Gasteiger partial charge in [0.1, 0.15) is 0 Å². The van der Waals surface area contributed by atoms with E-state index in [1.807, 2.05) is 12.1 Å². The highest BCUT2D eigenvalue weighted by atomic mass is 79.9. The topological polar surface area (TPSA) is 91.0 Å². The summed E-state index contributed by atoms with van der Waals surface area (Å²) in [5.41, 5.74) is 5.53. The summed E-state index contributed by atoms with van der Waals surface area (Å²) in [5, 5.41) is 0. The Morgan fingerprint density at radius 3 is 1.89 bits per heavy atom. The number of benzene rings is 1. The van der Waals surface area contributed by atoms with Gasteiger partial charge in [0.15, 0.2) is 17.5 Å².